The molecule has 2 aliphatic heterocycles. The molecule has 0 spiro atoms. The molecule has 0 amide bonds. The summed E-state index contributed by atoms with van der Waals surface area (Å²) in [4.78, 5) is 7.03. The number of hydrogen-bond acceptors (Lipinski definition) is 3. The Labute approximate surface area is 187 Å². The lowest BCUT2D eigenvalue weighted by atomic mass is 9.95. The molecule has 5 nitrogen and oxygen atoms in total. The minimum atomic E-state index is 0. The van der Waals surface area contributed by atoms with Gasteiger partial charge in [0.15, 0.2) is 5.96 Å². The van der Waals surface area contributed by atoms with E-state index in [1.54, 1.807) is 0 Å². The van der Waals surface area contributed by atoms with E-state index in [0.717, 1.165) is 31.4 Å². The van der Waals surface area contributed by atoms with Crippen molar-refractivity contribution in [3.8, 4) is 0 Å². The van der Waals surface area contributed by atoms with Gasteiger partial charge < -0.3 is 20.3 Å². The van der Waals surface area contributed by atoms with E-state index in [2.05, 4.69) is 64.7 Å². The molecule has 28 heavy (non-hydrogen) atoms. The predicted molar refractivity (Wildman–Crippen MR) is 127 cm³/mol. The van der Waals surface area contributed by atoms with Crippen LogP contribution in [0.15, 0.2) is 35.3 Å². The van der Waals surface area contributed by atoms with Crippen LogP contribution in [0.3, 0.4) is 0 Å². The summed E-state index contributed by atoms with van der Waals surface area (Å²) in [7, 11) is 1.86. The Morgan fingerprint density at radius 1 is 1.18 bits per heavy atom. The number of benzene rings is 1. The number of rotatable bonds is 6. The second-order valence-corrected chi connectivity index (χ2v) is 8.32. The molecule has 0 radical (unpaired) electrons. The molecule has 2 heterocycles. The molecule has 6 heteroatoms. The first kappa shape index (κ1) is 23.4. The Morgan fingerprint density at radius 2 is 1.89 bits per heavy atom. The van der Waals surface area contributed by atoms with Gasteiger partial charge in [-0.15, -0.1) is 24.0 Å². The van der Waals surface area contributed by atoms with Crippen molar-refractivity contribution in [2.24, 2.45) is 16.8 Å². The molecule has 1 aromatic carbocycles. The summed E-state index contributed by atoms with van der Waals surface area (Å²) in [6.07, 6.45) is 3.66. The van der Waals surface area contributed by atoms with Crippen molar-refractivity contribution >= 4 is 29.9 Å². The lowest BCUT2D eigenvalue weighted by Crippen LogP contribution is -2.49. The average Bonchev–Trinajstić information content (AvgIpc) is 3.15. The van der Waals surface area contributed by atoms with Gasteiger partial charge >= 0.3 is 0 Å². The summed E-state index contributed by atoms with van der Waals surface area (Å²) in [5.74, 6) is 2.16. The molecule has 2 unspecified atom stereocenters. The molecule has 158 valence electrons. The summed E-state index contributed by atoms with van der Waals surface area (Å²) in [5.41, 5.74) is 1.28. The maximum atomic E-state index is 6.01. The second-order valence-electron chi connectivity index (χ2n) is 8.32. The number of hydrogen-bond donors (Lipinski definition) is 2. The average molecular weight is 500 g/mol. The summed E-state index contributed by atoms with van der Waals surface area (Å²) >= 11 is 0. The molecule has 2 saturated heterocycles. The van der Waals surface area contributed by atoms with Gasteiger partial charge in [0.2, 0.25) is 0 Å². The first-order valence-electron chi connectivity index (χ1n) is 10.5. The van der Waals surface area contributed by atoms with Gasteiger partial charge in [0, 0.05) is 51.8 Å². The fraction of sp³-hybridized carbons (Fsp3) is 0.682. The number of guanidine groups is 1. The highest BCUT2D eigenvalue weighted by molar-refractivity contribution is 14.0. The molecular weight excluding hydrogens is 463 g/mol. The minimum Gasteiger partial charge on any atom is -0.373 e. The highest BCUT2D eigenvalue weighted by Crippen LogP contribution is 2.33. The van der Waals surface area contributed by atoms with E-state index in [-0.39, 0.29) is 30.1 Å². The maximum absolute atomic E-state index is 6.01. The van der Waals surface area contributed by atoms with Crippen LogP contribution in [0, 0.1) is 11.8 Å². The Balaban J connectivity index is 0.00000280. The van der Waals surface area contributed by atoms with Gasteiger partial charge in [-0.2, -0.15) is 0 Å². The molecule has 2 fully saturated rings. The number of nitrogens with one attached hydrogen (secondary N) is 2. The molecule has 3 rings (SSSR count). The van der Waals surface area contributed by atoms with E-state index in [9.17, 15) is 0 Å². The van der Waals surface area contributed by atoms with Crippen molar-refractivity contribution in [1.29, 1.82) is 0 Å². The van der Waals surface area contributed by atoms with Gasteiger partial charge in [0.1, 0.15) is 0 Å². The normalized spacial score (nSPS) is 24.2. The maximum Gasteiger partial charge on any atom is 0.191 e. The molecule has 2 N–H and O–H groups in total. The molecular formula is C22H37IN4O. The van der Waals surface area contributed by atoms with Gasteiger partial charge in [-0.1, -0.05) is 44.2 Å². The fourth-order valence-corrected chi connectivity index (χ4v) is 4.25. The second kappa shape index (κ2) is 12.0. The quantitative estimate of drug-likeness (QED) is 0.356. The number of nitrogens with zero attached hydrogens (tertiary/aromatic N) is 2. The third-order valence-electron chi connectivity index (χ3n) is 5.65. The van der Waals surface area contributed by atoms with E-state index in [1.807, 2.05) is 7.05 Å². The molecule has 2 atom stereocenters. The van der Waals surface area contributed by atoms with Crippen LogP contribution in [-0.2, 0) is 4.74 Å². The summed E-state index contributed by atoms with van der Waals surface area (Å²) in [6.45, 7) is 9.90. The Bertz CT molecular complexity index is 587. The zero-order valence-corrected chi connectivity index (χ0v) is 19.9. The van der Waals surface area contributed by atoms with E-state index in [0.29, 0.717) is 12.0 Å². The van der Waals surface area contributed by atoms with Crippen LogP contribution in [0.1, 0.15) is 44.8 Å². The summed E-state index contributed by atoms with van der Waals surface area (Å²) in [6, 6.07) is 11.1. The van der Waals surface area contributed by atoms with Gasteiger partial charge in [-0.3, -0.25) is 4.99 Å². The van der Waals surface area contributed by atoms with Crippen molar-refractivity contribution in [3.63, 3.8) is 0 Å². The number of aliphatic imine (C=N–C) groups is 1. The number of likely N-dealkylation sites (tertiary alicyclic amines) is 1. The van der Waals surface area contributed by atoms with Crippen LogP contribution in [0.25, 0.3) is 0 Å². The van der Waals surface area contributed by atoms with Crippen molar-refractivity contribution < 1.29 is 4.74 Å². The van der Waals surface area contributed by atoms with E-state index in [1.165, 1.54) is 38.0 Å². The van der Waals surface area contributed by atoms with E-state index < -0.39 is 0 Å². The van der Waals surface area contributed by atoms with Crippen molar-refractivity contribution in [1.82, 2.24) is 15.5 Å². The van der Waals surface area contributed by atoms with Crippen molar-refractivity contribution in [3.05, 3.63) is 35.9 Å². The predicted octanol–water partition coefficient (Wildman–Crippen LogP) is 3.67. The van der Waals surface area contributed by atoms with E-state index in [4.69, 9.17) is 4.74 Å². The van der Waals surface area contributed by atoms with Crippen LogP contribution in [-0.4, -0.2) is 56.7 Å². The van der Waals surface area contributed by atoms with Crippen molar-refractivity contribution in [2.45, 2.75) is 45.3 Å². The highest BCUT2D eigenvalue weighted by Gasteiger charge is 2.29. The van der Waals surface area contributed by atoms with Crippen LogP contribution < -0.4 is 10.6 Å². The zero-order chi connectivity index (χ0) is 19.1. The van der Waals surface area contributed by atoms with Gasteiger partial charge in [0.05, 0.1) is 6.10 Å². The molecule has 1 aromatic rings. The monoisotopic (exact) mass is 500 g/mol. The van der Waals surface area contributed by atoms with E-state index >= 15 is 0 Å². The van der Waals surface area contributed by atoms with Gasteiger partial charge in [-0.05, 0) is 30.7 Å². The molecule has 0 saturated carbocycles. The number of piperidine rings is 1. The first-order valence-corrected chi connectivity index (χ1v) is 10.5. The highest BCUT2D eigenvalue weighted by atomic mass is 127. The van der Waals surface area contributed by atoms with Crippen LogP contribution in [0.4, 0.5) is 0 Å². The third kappa shape index (κ3) is 6.88. The lowest BCUT2D eigenvalue weighted by molar-refractivity contribution is 0.0915. The topological polar surface area (TPSA) is 48.9 Å². The number of ether oxygens (including phenoxy) is 1. The molecule has 0 aromatic heterocycles. The summed E-state index contributed by atoms with van der Waals surface area (Å²) in [5, 5.41) is 7.18. The molecule has 2 aliphatic rings. The standard InChI is InChI=1S/C22H36N4O.HI/c1-17(2)16-26-12-9-20(10-13-26)25-22(23-3)24-15-19-11-14-27-21(19)18-7-5-4-6-8-18;/h4-8,17,19-21H,9-16H2,1-3H3,(H2,23,24,25);1H. The lowest BCUT2D eigenvalue weighted by Gasteiger charge is -2.34. The number of halogens is 1. The Morgan fingerprint density at radius 3 is 2.54 bits per heavy atom. The Kier molecular flexibility index (Phi) is 10.0. The first-order chi connectivity index (χ1) is 13.2. The van der Waals surface area contributed by atoms with Crippen LogP contribution in [0.2, 0.25) is 0 Å². The van der Waals surface area contributed by atoms with Gasteiger partial charge in [0.25, 0.3) is 0 Å². The van der Waals surface area contributed by atoms with Crippen LogP contribution >= 0.6 is 24.0 Å². The molecule has 0 bridgehead atoms. The van der Waals surface area contributed by atoms with Crippen LogP contribution in [0.5, 0.6) is 0 Å². The Hall–Kier alpha value is -0.860. The largest absolute Gasteiger partial charge is 0.373 e. The smallest absolute Gasteiger partial charge is 0.191 e. The molecule has 0 aliphatic carbocycles. The minimum absolute atomic E-state index is 0. The third-order valence-corrected chi connectivity index (χ3v) is 5.65. The fourth-order valence-electron chi connectivity index (χ4n) is 4.25. The summed E-state index contributed by atoms with van der Waals surface area (Å²) < 4.78 is 6.01. The van der Waals surface area contributed by atoms with Crippen molar-refractivity contribution in [2.75, 3.05) is 39.8 Å². The zero-order valence-electron chi connectivity index (χ0n) is 17.6. The van der Waals surface area contributed by atoms with Gasteiger partial charge in [-0.25, -0.2) is 0 Å². The SMILES string of the molecule is CN=C(NCC1CCOC1c1ccccc1)NC1CCN(CC(C)C)CC1.I.